The lowest BCUT2D eigenvalue weighted by Crippen LogP contribution is -2.35. The van der Waals surface area contributed by atoms with Crippen molar-refractivity contribution in [2.45, 2.75) is 37.8 Å². The number of hydrogen-bond donors (Lipinski definition) is 1. The summed E-state index contributed by atoms with van der Waals surface area (Å²) in [6.07, 6.45) is 7.05. The quantitative estimate of drug-likeness (QED) is 0.809. The molecule has 5 nitrogen and oxygen atoms in total. The highest BCUT2D eigenvalue weighted by atomic mass is 35.5. The van der Waals surface area contributed by atoms with E-state index in [2.05, 4.69) is 21.9 Å². The molecule has 0 radical (unpaired) electrons. The van der Waals surface area contributed by atoms with Gasteiger partial charge in [0.2, 0.25) is 0 Å². The van der Waals surface area contributed by atoms with Crippen molar-refractivity contribution in [3.05, 3.63) is 58.6 Å². The number of rotatable bonds is 5. The van der Waals surface area contributed by atoms with Crippen molar-refractivity contribution in [2.75, 3.05) is 0 Å². The summed E-state index contributed by atoms with van der Waals surface area (Å²) in [4.78, 5) is 8.24. The SMILES string of the molecule is C=C(NC1CCC(Oc2ccc(C#N)c(Cl)c2)CC1)c1cnc(Cl)cn1. The van der Waals surface area contributed by atoms with Crippen molar-refractivity contribution >= 4 is 28.9 Å². The average Bonchev–Trinajstić information content (AvgIpc) is 2.64. The molecule has 1 aromatic heterocycles. The first-order valence-corrected chi connectivity index (χ1v) is 9.10. The highest BCUT2D eigenvalue weighted by Crippen LogP contribution is 2.27. The molecule has 3 rings (SSSR count). The van der Waals surface area contributed by atoms with Crippen molar-refractivity contribution in [3.63, 3.8) is 0 Å². The summed E-state index contributed by atoms with van der Waals surface area (Å²) >= 11 is 11.8. The molecule has 0 atom stereocenters. The van der Waals surface area contributed by atoms with E-state index >= 15 is 0 Å². The van der Waals surface area contributed by atoms with Crippen LogP contribution < -0.4 is 10.1 Å². The molecular weight excluding hydrogens is 371 g/mol. The average molecular weight is 389 g/mol. The van der Waals surface area contributed by atoms with Crippen molar-refractivity contribution in [1.29, 1.82) is 5.26 Å². The molecule has 7 heteroatoms. The first kappa shape index (κ1) is 18.5. The van der Waals surface area contributed by atoms with E-state index in [4.69, 9.17) is 33.2 Å². The number of hydrogen-bond acceptors (Lipinski definition) is 5. The van der Waals surface area contributed by atoms with Gasteiger partial charge in [-0.05, 0) is 37.8 Å². The minimum atomic E-state index is 0.139. The summed E-state index contributed by atoms with van der Waals surface area (Å²) in [6, 6.07) is 7.54. The largest absolute Gasteiger partial charge is 0.490 e. The van der Waals surface area contributed by atoms with Crippen LogP contribution in [0.15, 0.2) is 37.2 Å². The van der Waals surface area contributed by atoms with Gasteiger partial charge in [0, 0.05) is 12.1 Å². The van der Waals surface area contributed by atoms with Gasteiger partial charge in [0.25, 0.3) is 0 Å². The molecule has 0 aliphatic heterocycles. The normalized spacial score (nSPS) is 19.4. The monoisotopic (exact) mass is 388 g/mol. The van der Waals surface area contributed by atoms with Gasteiger partial charge in [0.05, 0.1) is 34.8 Å². The molecule has 0 saturated heterocycles. The van der Waals surface area contributed by atoms with E-state index in [0.717, 1.165) is 31.4 Å². The molecule has 1 aliphatic carbocycles. The van der Waals surface area contributed by atoms with Crippen LogP contribution in [0.5, 0.6) is 5.75 Å². The fourth-order valence-electron chi connectivity index (χ4n) is 2.97. The predicted octanol–water partition coefficient (Wildman–Crippen LogP) is 4.61. The third-order valence-corrected chi connectivity index (χ3v) is 4.85. The third kappa shape index (κ3) is 4.66. The van der Waals surface area contributed by atoms with E-state index in [0.29, 0.717) is 33.2 Å². The van der Waals surface area contributed by atoms with E-state index in [1.807, 2.05) is 6.07 Å². The molecule has 1 aliphatic rings. The van der Waals surface area contributed by atoms with Gasteiger partial charge in [-0.25, -0.2) is 9.97 Å². The van der Waals surface area contributed by atoms with Crippen molar-refractivity contribution in [3.8, 4) is 11.8 Å². The zero-order valence-corrected chi connectivity index (χ0v) is 15.6. The van der Waals surface area contributed by atoms with Crippen molar-refractivity contribution in [2.24, 2.45) is 0 Å². The van der Waals surface area contributed by atoms with Gasteiger partial charge < -0.3 is 10.1 Å². The summed E-state index contributed by atoms with van der Waals surface area (Å²) < 4.78 is 6.01. The molecule has 2 aromatic rings. The predicted molar refractivity (Wildman–Crippen MR) is 102 cm³/mol. The first-order chi connectivity index (χ1) is 12.5. The Morgan fingerprint density at radius 2 is 1.96 bits per heavy atom. The number of ether oxygens (including phenoxy) is 1. The molecule has 0 amide bonds. The maximum absolute atomic E-state index is 8.92. The Morgan fingerprint density at radius 3 is 2.58 bits per heavy atom. The Kier molecular flexibility index (Phi) is 5.97. The van der Waals surface area contributed by atoms with Crippen LogP contribution in [0.2, 0.25) is 10.2 Å². The molecule has 1 aromatic carbocycles. The van der Waals surface area contributed by atoms with E-state index in [1.165, 1.54) is 6.20 Å². The molecule has 134 valence electrons. The number of nitrogens with one attached hydrogen (secondary N) is 1. The van der Waals surface area contributed by atoms with E-state index < -0.39 is 0 Å². The number of nitriles is 1. The van der Waals surface area contributed by atoms with E-state index in [-0.39, 0.29) is 6.10 Å². The topological polar surface area (TPSA) is 70.8 Å². The van der Waals surface area contributed by atoms with Gasteiger partial charge in [0.15, 0.2) is 0 Å². The molecule has 1 saturated carbocycles. The fraction of sp³-hybridized carbons (Fsp3) is 0.316. The van der Waals surface area contributed by atoms with E-state index in [1.54, 1.807) is 24.4 Å². The van der Waals surface area contributed by atoms with Gasteiger partial charge in [-0.1, -0.05) is 29.8 Å². The molecular formula is C19H18Cl2N4O. The molecule has 0 bridgehead atoms. The minimum Gasteiger partial charge on any atom is -0.490 e. The smallest absolute Gasteiger partial charge is 0.147 e. The van der Waals surface area contributed by atoms with Crippen LogP contribution in [0.4, 0.5) is 0 Å². The molecule has 1 fully saturated rings. The standard InChI is InChI=1S/C19H18Cl2N4O/c1-12(18-10-24-19(21)11-23-18)25-14-3-6-15(7-4-14)26-16-5-2-13(9-22)17(20)8-16/h2,5,8,10-11,14-15,25H,1,3-4,6-7H2. The maximum atomic E-state index is 8.92. The van der Waals surface area contributed by atoms with Crippen LogP contribution in [0.3, 0.4) is 0 Å². The molecule has 0 spiro atoms. The molecule has 26 heavy (non-hydrogen) atoms. The summed E-state index contributed by atoms with van der Waals surface area (Å²) in [7, 11) is 0. The minimum absolute atomic E-state index is 0.139. The van der Waals surface area contributed by atoms with Crippen LogP contribution >= 0.6 is 23.2 Å². The number of benzene rings is 1. The highest BCUT2D eigenvalue weighted by Gasteiger charge is 2.23. The Hall–Kier alpha value is -2.29. The van der Waals surface area contributed by atoms with Crippen LogP contribution in [0, 0.1) is 11.3 Å². The van der Waals surface area contributed by atoms with Gasteiger partial charge >= 0.3 is 0 Å². The third-order valence-electron chi connectivity index (χ3n) is 4.35. The Morgan fingerprint density at radius 1 is 1.19 bits per heavy atom. The summed E-state index contributed by atoms with van der Waals surface area (Å²) in [6.45, 7) is 4.03. The zero-order valence-electron chi connectivity index (χ0n) is 14.1. The maximum Gasteiger partial charge on any atom is 0.147 e. The van der Waals surface area contributed by atoms with Crippen LogP contribution in [-0.4, -0.2) is 22.1 Å². The lowest BCUT2D eigenvalue weighted by molar-refractivity contribution is 0.143. The lowest BCUT2D eigenvalue weighted by atomic mass is 9.92. The molecule has 1 N–H and O–H groups in total. The van der Waals surface area contributed by atoms with Crippen LogP contribution in [0.1, 0.15) is 36.9 Å². The van der Waals surface area contributed by atoms with Crippen molar-refractivity contribution in [1.82, 2.24) is 15.3 Å². The van der Waals surface area contributed by atoms with Crippen molar-refractivity contribution < 1.29 is 4.74 Å². The molecule has 1 heterocycles. The zero-order chi connectivity index (χ0) is 18.5. The van der Waals surface area contributed by atoms with Gasteiger partial charge in [-0.3, -0.25) is 0 Å². The second kappa shape index (κ2) is 8.39. The fourth-order valence-corrected chi connectivity index (χ4v) is 3.28. The Balaban J connectivity index is 1.49. The van der Waals surface area contributed by atoms with Crippen LogP contribution in [-0.2, 0) is 0 Å². The molecule has 0 unspecified atom stereocenters. The summed E-state index contributed by atoms with van der Waals surface area (Å²) in [5, 5.41) is 13.1. The van der Waals surface area contributed by atoms with E-state index in [9.17, 15) is 0 Å². The summed E-state index contributed by atoms with van der Waals surface area (Å²) in [5.74, 6) is 0.700. The first-order valence-electron chi connectivity index (χ1n) is 8.35. The summed E-state index contributed by atoms with van der Waals surface area (Å²) in [5.41, 5.74) is 1.90. The van der Waals surface area contributed by atoms with Gasteiger partial charge in [-0.2, -0.15) is 5.26 Å². The highest BCUT2D eigenvalue weighted by molar-refractivity contribution is 6.31. The van der Waals surface area contributed by atoms with Gasteiger partial charge in [-0.15, -0.1) is 0 Å². The van der Waals surface area contributed by atoms with Crippen LogP contribution in [0.25, 0.3) is 5.70 Å². The second-order valence-corrected chi connectivity index (χ2v) is 6.99. The Labute approximate surface area is 162 Å². The second-order valence-electron chi connectivity index (χ2n) is 6.19. The Bertz CT molecular complexity index is 824. The number of aromatic nitrogens is 2. The number of halogens is 2. The number of nitrogens with zero attached hydrogens (tertiary/aromatic N) is 3. The van der Waals surface area contributed by atoms with Gasteiger partial charge in [0.1, 0.15) is 22.7 Å². The lowest BCUT2D eigenvalue weighted by Gasteiger charge is -2.30.